The lowest BCUT2D eigenvalue weighted by molar-refractivity contribution is -0.153. The molecule has 6 heteroatoms. The van der Waals surface area contributed by atoms with E-state index >= 15 is 0 Å². The van der Waals surface area contributed by atoms with E-state index in [1.54, 1.807) is 7.05 Å². The molecule has 1 aliphatic rings. The maximum Gasteiger partial charge on any atom is 0.325 e. The van der Waals surface area contributed by atoms with E-state index < -0.39 is 5.60 Å². The number of esters is 1. The topological polar surface area (TPSA) is 72.0 Å². The second-order valence-electron chi connectivity index (χ2n) is 6.44. The van der Waals surface area contributed by atoms with Crippen LogP contribution >= 0.6 is 0 Å². The lowest BCUT2D eigenvalue weighted by Gasteiger charge is -2.20. The quantitative estimate of drug-likeness (QED) is 0.500. The Hall–Kier alpha value is -2.24. The predicted octanol–water partition coefficient (Wildman–Crippen LogP) is 1.50. The molecule has 0 aliphatic carbocycles. The predicted molar refractivity (Wildman–Crippen MR) is 89.8 cm³/mol. The maximum absolute atomic E-state index is 11.7. The first-order chi connectivity index (χ1) is 10.9. The normalized spacial score (nSPS) is 17.2. The van der Waals surface area contributed by atoms with E-state index in [2.05, 4.69) is 21.7 Å². The molecule has 1 aliphatic heterocycles. The number of carbonyl (C=O) groups excluding carboxylic acids is 1. The van der Waals surface area contributed by atoms with E-state index in [9.17, 15) is 4.79 Å². The molecular weight excluding hydrogens is 294 g/mol. The lowest BCUT2D eigenvalue weighted by Crippen LogP contribution is -2.44. The number of fused-ring (bicyclic) bond motifs is 1. The average molecular weight is 319 g/mol. The van der Waals surface area contributed by atoms with Crippen molar-refractivity contribution in [2.75, 3.05) is 20.1 Å². The SMILES string of the molecule is CN=C(NCC(=O)OC(C)(C)C)NCC1Cc2ccccc2O1. The summed E-state index contributed by atoms with van der Waals surface area (Å²) in [4.78, 5) is 15.8. The van der Waals surface area contributed by atoms with Crippen molar-refractivity contribution in [2.45, 2.75) is 38.9 Å². The molecule has 6 nitrogen and oxygen atoms in total. The third kappa shape index (κ3) is 5.47. The first kappa shape index (κ1) is 17.1. The van der Waals surface area contributed by atoms with Crippen molar-refractivity contribution in [3.05, 3.63) is 29.8 Å². The van der Waals surface area contributed by atoms with Crippen LogP contribution in [0.3, 0.4) is 0 Å². The number of para-hydroxylation sites is 1. The highest BCUT2D eigenvalue weighted by Crippen LogP contribution is 2.27. The van der Waals surface area contributed by atoms with Gasteiger partial charge in [-0.2, -0.15) is 0 Å². The van der Waals surface area contributed by atoms with Crippen LogP contribution < -0.4 is 15.4 Å². The molecule has 1 atom stereocenters. The van der Waals surface area contributed by atoms with Crippen LogP contribution in [0.2, 0.25) is 0 Å². The number of carbonyl (C=O) groups is 1. The van der Waals surface area contributed by atoms with Crippen molar-refractivity contribution < 1.29 is 14.3 Å². The van der Waals surface area contributed by atoms with Crippen LogP contribution in [0.5, 0.6) is 5.75 Å². The third-order valence-corrected chi connectivity index (χ3v) is 3.25. The monoisotopic (exact) mass is 319 g/mol. The molecule has 0 bridgehead atoms. The molecule has 0 spiro atoms. The van der Waals surface area contributed by atoms with E-state index in [0.29, 0.717) is 12.5 Å². The summed E-state index contributed by atoms with van der Waals surface area (Å²) in [5, 5.41) is 6.12. The summed E-state index contributed by atoms with van der Waals surface area (Å²) in [5.41, 5.74) is 0.732. The molecule has 23 heavy (non-hydrogen) atoms. The van der Waals surface area contributed by atoms with Crippen molar-refractivity contribution in [2.24, 2.45) is 4.99 Å². The van der Waals surface area contributed by atoms with Gasteiger partial charge in [0.05, 0.1) is 6.54 Å². The number of nitrogens with one attached hydrogen (secondary N) is 2. The standard InChI is InChI=1S/C17H25N3O3/c1-17(2,3)23-15(21)11-20-16(18-4)19-10-13-9-12-7-5-6-8-14(12)22-13/h5-8,13H,9-11H2,1-4H3,(H2,18,19,20). The van der Waals surface area contributed by atoms with Gasteiger partial charge in [-0.25, -0.2) is 0 Å². The maximum atomic E-state index is 11.7. The summed E-state index contributed by atoms with van der Waals surface area (Å²) >= 11 is 0. The molecule has 0 fully saturated rings. The summed E-state index contributed by atoms with van der Waals surface area (Å²) < 4.78 is 11.1. The number of nitrogens with zero attached hydrogens (tertiary/aromatic N) is 1. The van der Waals surface area contributed by atoms with Crippen LogP contribution in [0.1, 0.15) is 26.3 Å². The second-order valence-corrected chi connectivity index (χ2v) is 6.44. The van der Waals surface area contributed by atoms with Gasteiger partial charge in [0, 0.05) is 13.5 Å². The van der Waals surface area contributed by atoms with Gasteiger partial charge in [0.25, 0.3) is 0 Å². The van der Waals surface area contributed by atoms with Crippen LogP contribution in [-0.2, 0) is 16.0 Å². The summed E-state index contributed by atoms with van der Waals surface area (Å²) in [6, 6.07) is 8.03. The number of hydrogen-bond donors (Lipinski definition) is 2. The Morgan fingerprint density at radius 1 is 1.35 bits per heavy atom. The minimum atomic E-state index is -0.487. The van der Waals surface area contributed by atoms with Gasteiger partial charge in [-0.1, -0.05) is 18.2 Å². The highest BCUT2D eigenvalue weighted by atomic mass is 16.6. The van der Waals surface area contributed by atoms with Gasteiger partial charge in [-0.05, 0) is 32.4 Å². The molecular formula is C17H25N3O3. The molecule has 2 rings (SSSR count). The van der Waals surface area contributed by atoms with Gasteiger partial charge in [0.1, 0.15) is 24.0 Å². The van der Waals surface area contributed by atoms with Crippen LogP contribution in [-0.4, -0.2) is 43.8 Å². The van der Waals surface area contributed by atoms with Crippen molar-refractivity contribution >= 4 is 11.9 Å². The van der Waals surface area contributed by atoms with E-state index in [4.69, 9.17) is 9.47 Å². The summed E-state index contributed by atoms with van der Waals surface area (Å²) in [7, 11) is 1.66. The first-order valence-electron chi connectivity index (χ1n) is 7.78. The number of benzene rings is 1. The Bertz CT molecular complexity index is 554. The van der Waals surface area contributed by atoms with Crippen molar-refractivity contribution in [1.82, 2.24) is 10.6 Å². The molecule has 1 heterocycles. The summed E-state index contributed by atoms with van der Waals surface area (Å²) in [5.74, 6) is 1.18. The fourth-order valence-corrected chi connectivity index (χ4v) is 2.33. The zero-order chi connectivity index (χ0) is 16.9. The Morgan fingerprint density at radius 2 is 2.09 bits per heavy atom. The zero-order valence-corrected chi connectivity index (χ0v) is 14.2. The van der Waals surface area contributed by atoms with E-state index in [-0.39, 0.29) is 18.6 Å². The summed E-state index contributed by atoms with van der Waals surface area (Å²) in [6.45, 7) is 6.21. The number of rotatable bonds is 4. The summed E-state index contributed by atoms with van der Waals surface area (Å²) in [6.07, 6.45) is 0.930. The van der Waals surface area contributed by atoms with Gasteiger partial charge in [-0.3, -0.25) is 9.79 Å². The highest BCUT2D eigenvalue weighted by molar-refractivity contribution is 5.84. The van der Waals surface area contributed by atoms with E-state index in [0.717, 1.165) is 12.2 Å². The van der Waals surface area contributed by atoms with Crippen LogP contribution in [0.15, 0.2) is 29.3 Å². The molecule has 0 aromatic heterocycles. The Balaban J connectivity index is 1.73. The molecule has 2 N–H and O–H groups in total. The number of aliphatic imine (C=N–C) groups is 1. The number of guanidine groups is 1. The Kier molecular flexibility index (Phi) is 5.47. The fraction of sp³-hybridized carbons (Fsp3) is 0.529. The molecule has 1 unspecified atom stereocenters. The smallest absolute Gasteiger partial charge is 0.325 e. The number of ether oxygens (including phenoxy) is 2. The van der Waals surface area contributed by atoms with Gasteiger partial charge >= 0.3 is 5.97 Å². The van der Waals surface area contributed by atoms with Gasteiger partial charge in [-0.15, -0.1) is 0 Å². The second kappa shape index (κ2) is 7.35. The van der Waals surface area contributed by atoms with E-state index in [1.807, 2.05) is 39.0 Å². The van der Waals surface area contributed by atoms with Crippen LogP contribution in [0.4, 0.5) is 0 Å². The minimum absolute atomic E-state index is 0.0625. The largest absolute Gasteiger partial charge is 0.488 e. The van der Waals surface area contributed by atoms with Crippen LogP contribution in [0.25, 0.3) is 0 Å². The lowest BCUT2D eigenvalue weighted by atomic mass is 10.1. The molecule has 0 saturated carbocycles. The average Bonchev–Trinajstić information content (AvgIpc) is 2.88. The van der Waals surface area contributed by atoms with E-state index in [1.165, 1.54) is 5.56 Å². The molecule has 0 amide bonds. The molecule has 126 valence electrons. The third-order valence-electron chi connectivity index (χ3n) is 3.25. The molecule has 1 aromatic carbocycles. The van der Waals surface area contributed by atoms with Crippen molar-refractivity contribution in [3.63, 3.8) is 0 Å². The molecule has 0 radical (unpaired) electrons. The molecule has 0 saturated heterocycles. The molecule has 1 aromatic rings. The fourth-order valence-electron chi connectivity index (χ4n) is 2.33. The zero-order valence-electron chi connectivity index (χ0n) is 14.2. The van der Waals surface area contributed by atoms with Gasteiger partial charge in [0.2, 0.25) is 0 Å². The van der Waals surface area contributed by atoms with Gasteiger partial charge in [0.15, 0.2) is 5.96 Å². The minimum Gasteiger partial charge on any atom is -0.488 e. The number of hydrogen-bond acceptors (Lipinski definition) is 4. The van der Waals surface area contributed by atoms with Crippen molar-refractivity contribution in [3.8, 4) is 5.75 Å². The Morgan fingerprint density at radius 3 is 2.74 bits per heavy atom. The van der Waals surface area contributed by atoms with Crippen molar-refractivity contribution in [1.29, 1.82) is 0 Å². The van der Waals surface area contributed by atoms with Crippen LogP contribution in [0, 0.1) is 0 Å². The highest BCUT2D eigenvalue weighted by Gasteiger charge is 2.22. The van der Waals surface area contributed by atoms with Gasteiger partial charge < -0.3 is 20.1 Å². The Labute approximate surface area is 137 Å². The first-order valence-corrected chi connectivity index (χ1v) is 7.78.